The van der Waals surface area contributed by atoms with Gasteiger partial charge < -0.3 is 0 Å². The van der Waals surface area contributed by atoms with Crippen LogP contribution in [-0.4, -0.2) is 30.9 Å². The fraction of sp³-hybridized carbons (Fsp3) is 0.143. The largest absolute Gasteiger partial charge is 0.271 e. The first-order valence-corrected chi connectivity index (χ1v) is 7.83. The van der Waals surface area contributed by atoms with Gasteiger partial charge in [-0.05, 0) is 44.3 Å². The molecule has 0 atom stereocenters. The number of H-pyrrole nitrogens is 1. The zero-order chi connectivity index (χ0) is 16.6. The number of hydrogen-bond donors (Lipinski definition) is 1. The number of benzene rings is 1. The molecule has 23 heavy (non-hydrogen) atoms. The molecule has 0 unspecified atom stereocenters. The van der Waals surface area contributed by atoms with Crippen molar-refractivity contribution in [3.63, 3.8) is 0 Å². The number of rotatable bonds is 3. The number of nitrogens with zero attached hydrogens (tertiary/aromatic N) is 5. The van der Waals surface area contributed by atoms with Gasteiger partial charge in [-0.3, -0.25) is 0 Å². The molecule has 0 radical (unpaired) electrons. The fourth-order valence-corrected chi connectivity index (χ4v) is 2.77. The van der Waals surface area contributed by atoms with E-state index in [2.05, 4.69) is 20.4 Å². The number of nitrogens with one attached hydrogen (secondary N) is 1. The first kappa shape index (κ1) is 15.9. The van der Waals surface area contributed by atoms with Gasteiger partial charge in [-0.15, -0.1) is 5.10 Å². The van der Waals surface area contributed by atoms with E-state index >= 15 is 0 Å². The first-order chi connectivity index (χ1) is 11.0. The van der Waals surface area contributed by atoms with Crippen LogP contribution in [0.15, 0.2) is 29.4 Å². The van der Waals surface area contributed by atoms with Crippen molar-refractivity contribution in [1.29, 1.82) is 0 Å². The molecule has 0 fully saturated rings. The molecule has 0 aliphatic rings. The summed E-state index contributed by atoms with van der Waals surface area (Å²) in [6, 6.07) is 7.19. The van der Waals surface area contributed by atoms with Crippen LogP contribution in [0.2, 0.25) is 10.0 Å². The van der Waals surface area contributed by atoms with Crippen LogP contribution < -0.4 is 0 Å². The van der Waals surface area contributed by atoms with Crippen LogP contribution in [0.4, 0.5) is 0 Å². The molecule has 1 aromatic carbocycles. The maximum atomic E-state index is 6.14. The zero-order valence-corrected chi connectivity index (χ0v) is 14.6. The molecule has 6 nitrogen and oxygen atoms in total. The third-order valence-corrected chi connectivity index (χ3v) is 4.06. The summed E-state index contributed by atoms with van der Waals surface area (Å²) < 4.78 is 3.47. The Kier molecular flexibility index (Phi) is 4.34. The number of aromatic nitrogens is 5. The lowest BCUT2D eigenvalue weighted by molar-refractivity contribution is 0.714. The van der Waals surface area contributed by atoms with Crippen LogP contribution in [0.25, 0.3) is 5.95 Å². The van der Waals surface area contributed by atoms with Gasteiger partial charge in [0.1, 0.15) is 0 Å². The standard InChI is InChI=1S/C14H12Cl2N6S/c1-8-6-9(2)21(20-8)13-18-19-14(23)22(13)17-7-10-11(15)4-3-5-12(10)16/h3-7H,1-2H3,(H,19,23)/b17-7+. The average Bonchev–Trinajstić information content (AvgIpc) is 3.01. The lowest BCUT2D eigenvalue weighted by Gasteiger charge is -2.04. The Labute approximate surface area is 147 Å². The van der Waals surface area contributed by atoms with Crippen molar-refractivity contribution in [3.05, 3.63) is 56.0 Å². The van der Waals surface area contributed by atoms with E-state index in [1.54, 1.807) is 29.1 Å². The Hall–Kier alpha value is -1.96. The Balaban J connectivity index is 2.08. The molecule has 0 bridgehead atoms. The smallest absolute Gasteiger partial charge is 0.248 e. The van der Waals surface area contributed by atoms with Crippen molar-refractivity contribution in [3.8, 4) is 5.95 Å². The summed E-state index contributed by atoms with van der Waals surface area (Å²) in [4.78, 5) is 0. The van der Waals surface area contributed by atoms with E-state index in [-0.39, 0.29) is 0 Å². The van der Waals surface area contributed by atoms with Crippen LogP contribution in [-0.2, 0) is 0 Å². The van der Waals surface area contributed by atoms with E-state index in [0.29, 0.717) is 26.3 Å². The van der Waals surface area contributed by atoms with Gasteiger partial charge in [0.2, 0.25) is 4.77 Å². The molecule has 3 rings (SSSR count). The van der Waals surface area contributed by atoms with Crippen molar-refractivity contribution >= 4 is 41.6 Å². The summed E-state index contributed by atoms with van der Waals surface area (Å²) in [5, 5.41) is 16.6. The summed E-state index contributed by atoms with van der Waals surface area (Å²) in [5.74, 6) is 0.458. The number of aryl methyl sites for hydroxylation is 2. The highest BCUT2D eigenvalue weighted by atomic mass is 35.5. The zero-order valence-electron chi connectivity index (χ0n) is 12.3. The van der Waals surface area contributed by atoms with Gasteiger partial charge in [0.05, 0.1) is 22.0 Å². The van der Waals surface area contributed by atoms with Crippen LogP contribution in [0.5, 0.6) is 0 Å². The summed E-state index contributed by atoms with van der Waals surface area (Å²) in [5.41, 5.74) is 2.41. The quantitative estimate of drug-likeness (QED) is 0.564. The number of aromatic amines is 1. The second-order valence-electron chi connectivity index (χ2n) is 4.86. The van der Waals surface area contributed by atoms with Gasteiger partial charge in [-0.2, -0.15) is 14.9 Å². The molecular weight excluding hydrogens is 355 g/mol. The summed E-state index contributed by atoms with van der Waals surface area (Å²) in [6.45, 7) is 3.83. The van der Waals surface area contributed by atoms with Crippen molar-refractivity contribution in [2.45, 2.75) is 13.8 Å². The van der Waals surface area contributed by atoms with Crippen molar-refractivity contribution < 1.29 is 0 Å². The molecule has 2 aromatic heterocycles. The van der Waals surface area contributed by atoms with E-state index in [4.69, 9.17) is 35.4 Å². The van der Waals surface area contributed by atoms with Gasteiger partial charge in [0, 0.05) is 11.3 Å². The highest BCUT2D eigenvalue weighted by Gasteiger charge is 2.12. The molecule has 0 aliphatic heterocycles. The van der Waals surface area contributed by atoms with Crippen molar-refractivity contribution in [1.82, 2.24) is 24.7 Å². The molecule has 118 valence electrons. The SMILES string of the molecule is Cc1cc(C)n(-c2n[nH]c(=S)n2/N=C/c2c(Cl)cccc2Cl)n1. The Morgan fingerprint density at radius 3 is 2.57 bits per heavy atom. The minimum absolute atomic E-state index is 0.340. The minimum atomic E-state index is 0.340. The lowest BCUT2D eigenvalue weighted by Crippen LogP contribution is -2.07. The maximum absolute atomic E-state index is 6.14. The van der Waals surface area contributed by atoms with Crippen LogP contribution in [0.1, 0.15) is 17.0 Å². The van der Waals surface area contributed by atoms with Crippen LogP contribution >= 0.6 is 35.4 Å². The van der Waals surface area contributed by atoms with Gasteiger partial charge in [0.15, 0.2) is 0 Å². The van der Waals surface area contributed by atoms with Gasteiger partial charge >= 0.3 is 0 Å². The highest BCUT2D eigenvalue weighted by molar-refractivity contribution is 7.71. The van der Waals surface area contributed by atoms with E-state index in [1.165, 1.54) is 4.68 Å². The monoisotopic (exact) mass is 366 g/mol. The normalized spacial score (nSPS) is 11.5. The fourth-order valence-electron chi connectivity index (χ4n) is 2.11. The van der Waals surface area contributed by atoms with E-state index in [0.717, 1.165) is 11.4 Å². The third-order valence-electron chi connectivity index (χ3n) is 3.13. The van der Waals surface area contributed by atoms with Gasteiger partial charge in [0.25, 0.3) is 5.95 Å². The predicted octanol–water partition coefficient (Wildman–Crippen LogP) is 3.93. The Morgan fingerprint density at radius 2 is 1.96 bits per heavy atom. The van der Waals surface area contributed by atoms with Gasteiger partial charge in [-0.1, -0.05) is 29.3 Å². The van der Waals surface area contributed by atoms with Crippen molar-refractivity contribution in [2.75, 3.05) is 0 Å². The molecule has 3 aromatic rings. The molecule has 0 saturated carbocycles. The van der Waals surface area contributed by atoms with Crippen LogP contribution in [0.3, 0.4) is 0 Å². The van der Waals surface area contributed by atoms with Crippen LogP contribution in [0, 0.1) is 18.6 Å². The summed E-state index contributed by atoms with van der Waals surface area (Å²) in [7, 11) is 0. The van der Waals surface area contributed by atoms with E-state index < -0.39 is 0 Å². The maximum Gasteiger partial charge on any atom is 0.271 e. The summed E-state index contributed by atoms with van der Waals surface area (Å²) in [6.07, 6.45) is 1.55. The molecule has 0 amide bonds. The topological polar surface area (TPSA) is 63.8 Å². The average molecular weight is 367 g/mol. The number of halogens is 2. The lowest BCUT2D eigenvalue weighted by atomic mass is 10.2. The molecule has 2 heterocycles. The second-order valence-corrected chi connectivity index (χ2v) is 6.06. The van der Waals surface area contributed by atoms with Gasteiger partial charge in [-0.25, -0.2) is 9.78 Å². The Bertz CT molecular complexity index is 932. The second kappa shape index (κ2) is 6.27. The van der Waals surface area contributed by atoms with Crippen molar-refractivity contribution in [2.24, 2.45) is 5.10 Å². The molecule has 0 aliphatic carbocycles. The summed E-state index contributed by atoms with van der Waals surface area (Å²) >= 11 is 17.5. The molecule has 0 saturated heterocycles. The highest BCUT2D eigenvalue weighted by Crippen LogP contribution is 2.22. The first-order valence-electron chi connectivity index (χ1n) is 6.67. The van der Waals surface area contributed by atoms with E-state index in [9.17, 15) is 0 Å². The predicted molar refractivity (Wildman–Crippen MR) is 93.5 cm³/mol. The third kappa shape index (κ3) is 3.08. The molecule has 9 heteroatoms. The minimum Gasteiger partial charge on any atom is -0.248 e. The molecule has 0 spiro atoms. The number of hydrogen-bond acceptors (Lipinski definition) is 4. The van der Waals surface area contributed by atoms with E-state index in [1.807, 2.05) is 19.9 Å². The molecule has 1 N–H and O–H groups in total. The Morgan fingerprint density at radius 1 is 1.26 bits per heavy atom. The molecular formula is C14H12Cl2N6S.